The molecule has 2 aliphatic rings. The monoisotopic (exact) mass is 520 g/mol. The van der Waals surface area contributed by atoms with Crippen molar-refractivity contribution in [3.8, 4) is 11.5 Å². The van der Waals surface area contributed by atoms with Crippen LogP contribution in [-0.2, 0) is 0 Å². The molecule has 4 aromatic rings. The van der Waals surface area contributed by atoms with E-state index >= 15 is 0 Å². The molecule has 0 saturated heterocycles. The molecule has 0 bridgehead atoms. The molecule has 2 aliphatic heterocycles. The minimum atomic E-state index is -0.344. The Morgan fingerprint density at radius 2 is 1.91 bits per heavy atom. The van der Waals surface area contributed by atoms with Crippen molar-refractivity contribution in [2.24, 2.45) is 0 Å². The van der Waals surface area contributed by atoms with Gasteiger partial charge in [0.15, 0.2) is 0 Å². The number of hydrogen-bond donors (Lipinski definition) is 1. The molecule has 0 unspecified atom stereocenters. The van der Waals surface area contributed by atoms with E-state index in [9.17, 15) is 0 Å². The Bertz CT molecular complexity index is 1400. The van der Waals surface area contributed by atoms with Crippen molar-refractivity contribution >= 4 is 39.2 Å². The fraction of sp³-hybridized carbons (Fsp3) is 0.120. The van der Waals surface area contributed by atoms with Crippen LogP contribution in [0.5, 0.6) is 11.5 Å². The minimum Gasteiger partial charge on any atom is -0.497 e. The molecule has 8 heteroatoms. The maximum absolute atomic E-state index is 6.62. The Kier molecular flexibility index (Phi) is 4.89. The summed E-state index contributed by atoms with van der Waals surface area (Å²) in [5, 5.41) is 8.69. The zero-order valence-electron chi connectivity index (χ0n) is 17.5. The lowest BCUT2D eigenvalue weighted by atomic mass is 9.84. The molecule has 6 rings (SSSR count). The van der Waals surface area contributed by atoms with Gasteiger partial charge in [0.2, 0.25) is 5.95 Å². The van der Waals surface area contributed by atoms with E-state index in [0.717, 1.165) is 43.9 Å². The second-order valence-corrected chi connectivity index (χ2v) is 9.20. The number of anilines is 1. The lowest BCUT2D eigenvalue weighted by Crippen LogP contribution is -2.32. The number of hydrogen-bond acceptors (Lipinski definition) is 5. The lowest BCUT2D eigenvalue weighted by molar-refractivity contribution is 0.223. The summed E-state index contributed by atoms with van der Waals surface area (Å²) >= 11 is 10.00. The fourth-order valence-corrected chi connectivity index (χ4v) is 5.08. The van der Waals surface area contributed by atoms with Crippen molar-refractivity contribution in [2.45, 2.75) is 12.1 Å². The number of benzene rings is 3. The Morgan fingerprint density at radius 1 is 1.06 bits per heavy atom. The van der Waals surface area contributed by atoms with Gasteiger partial charge in [-0.3, -0.25) is 0 Å². The van der Waals surface area contributed by atoms with Gasteiger partial charge >= 0.3 is 0 Å². The molecule has 3 heterocycles. The van der Waals surface area contributed by atoms with Crippen LogP contribution < -0.4 is 14.8 Å². The number of ether oxygens (including phenoxy) is 2. The van der Waals surface area contributed by atoms with Crippen LogP contribution in [-0.4, -0.2) is 21.9 Å². The maximum Gasteiger partial charge on any atom is 0.226 e. The number of methoxy groups -OCH3 is 1. The van der Waals surface area contributed by atoms with Gasteiger partial charge in [-0.15, -0.1) is 0 Å². The van der Waals surface area contributed by atoms with Gasteiger partial charge in [0.05, 0.1) is 12.8 Å². The van der Waals surface area contributed by atoms with Crippen LogP contribution in [0.15, 0.2) is 83.1 Å². The minimum absolute atomic E-state index is 0.235. The number of rotatable bonds is 3. The van der Waals surface area contributed by atoms with Crippen LogP contribution >= 0.6 is 27.5 Å². The molecule has 0 fully saturated rings. The Balaban J connectivity index is 1.62. The Morgan fingerprint density at radius 3 is 2.70 bits per heavy atom. The van der Waals surface area contributed by atoms with E-state index in [2.05, 4.69) is 55.6 Å². The highest BCUT2D eigenvalue weighted by Gasteiger charge is 2.41. The van der Waals surface area contributed by atoms with Gasteiger partial charge in [0.1, 0.15) is 30.0 Å². The van der Waals surface area contributed by atoms with E-state index in [1.165, 1.54) is 0 Å². The molecule has 0 spiro atoms. The summed E-state index contributed by atoms with van der Waals surface area (Å²) in [4.78, 5) is 4.47. The molecule has 2 atom stereocenters. The van der Waals surface area contributed by atoms with Crippen LogP contribution in [0.4, 0.5) is 5.95 Å². The van der Waals surface area contributed by atoms with Gasteiger partial charge in [0.25, 0.3) is 0 Å². The molecule has 6 nitrogen and oxygen atoms in total. The van der Waals surface area contributed by atoms with Gasteiger partial charge in [0, 0.05) is 20.6 Å². The Labute approximate surface area is 204 Å². The quantitative estimate of drug-likeness (QED) is 0.345. The van der Waals surface area contributed by atoms with Crippen LogP contribution in [0, 0.1) is 0 Å². The highest BCUT2D eigenvalue weighted by Crippen LogP contribution is 2.51. The summed E-state index contributed by atoms with van der Waals surface area (Å²) in [7, 11) is 1.66. The number of halogens is 2. The van der Waals surface area contributed by atoms with Crippen LogP contribution in [0.25, 0.3) is 5.70 Å². The van der Waals surface area contributed by atoms with E-state index in [4.69, 9.17) is 21.1 Å². The van der Waals surface area contributed by atoms with E-state index in [1.807, 2.05) is 47.1 Å². The van der Waals surface area contributed by atoms with Gasteiger partial charge in [-0.05, 0) is 53.6 Å². The number of nitrogens with zero attached hydrogens (tertiary/aromatic N) is 3. The molecule has 164 valence electrons. The van der Waals surface area contributed by atoms with Gasteiger partial charge in [-0.25, -0.2) is 4.68 Å². The third-order valence-corrected chi connectivity index (χ3v) is 6.69. The second kappa shape index (κ2) is 7.93. The van der Waals surface area contributed by atoms with Crippen molar-refractivity contribution < 1.29 is 9.47 Å². The lowest BCUT2D eigenvalue weighted by Gasteiger charge is -2.39. The van der Waals surface area contributed by atoms with E-state index in [1.54, 1.807) is 13.4 Å². The van der Waals surface area contributed by atoms with E-state index in [-0.39, 0.29) is 12.1 Å². The van der Waals surface area contributed by atoms with Gasteiger partial charge < -0.3 is 14.8 Å². The van der Waals surface area contributed by atoms with E-state index in [0.29, 0.717) is 11.0 Å². The van der Waals surface area contributed by atoms with Crippen molar-refractivity contribution in [1.82, 2.24) is 14.8 Å². The smallest absolute Gasteiger partial charge is 0.226 e. The third kappa shape index (κ3) is 3.39. The first-order valence-electron chi connectivity index (χ1n) is 10.4. The predicted molar refractivity (Wildman–Crippen MR) is 131 cm³/mol. The molecular weight excluding hydrogens is 504 g/mol. The summed E-state index contributed by atoms with van der Waals surface area (Å²) < 4.78 is 14.9. The molecule has 0 radical (unpaired) electrons. The van der Waals surface area contributed by atoms with Crippen LogP contribution in [0.1, 0.15) is 28.8 Å². The van der Waals surface area contributed by atoms with Crippen LogP contribution in [0.3, 0.4) is 0 Å². The summed E-state index contributed by atoms with van der Waals surface area (Å²) in [5.74, 6) is 2.22. The van der Waals surface area contributed by atoms with Crippen molar-refractivity contribution in [3.05, 3.63) is 105 Å². The SMILES string of the molecule is COc1ccc([C@H]2C3=C(Nc4ncnn42)c2cc(Cl)ccc2O[C@@H]3c2cccc(Br)c2)cc1. The largest absolute Gasteiger partial charge is 0.497 e. The number of aromatic nitrogens is 3. The first-order chi connectivity index (χ1) is 16.1. The highest BCUT2D eigenvalue weighted by atomic mass is 79.9. The van der Waals surface area contributed by atoms with Crippen LogP contribution in [0.2, 0.25) is 5.02 Å². The molecule has 0 saturated carbocycles. The number of nitrogens with one attached hydrogen (secondary N) is 1. The highest BCUT2D eigenvalue weighted by molar-refractivity contribution is 9.10. The molecule has 0 aliphatic carbocycles. The summed E-state index contributed by atoms with van der Waals surface area (Å²) in [6, 6.07) is 21.6. The summed E-state index contributed by atoms with van der Waals surface area (Å²) in [6.45, 7) is 0. The molecule has 1 aromatic heterocycles. The first-order valence-corrected chi connectivity index (χ1v) is 11.6. The average Bonchev–Trinajstić information content (AvgIpc) is 3.31. The topological polar surface area (TPSA) is 61.2 Å². The summed E-state index contributed by atoms with van der Waals surface area (Å²) in [5.41, 5.74) is 4.94. The Hall–Kier alpha value is -3.29. The molecule has 3 aromatic carbocycles. The van der Waals surface area contributed by atoms with Crippen molar-refractivity contribution in [2.75, 3.05) is 12.4 Å². The first kappa shape index (κ1) is 20.3. The molecular formula is C25H18BrClN4O2. The third-order valence-electron chi connectivity index (χ3n) is 5.96. The average molecular weight is 522 g/mol. The molecule has 33 heavy (non-hydrogen) atoms. The van der Waals surface area contributed by atoms with Gasteiger partial charge in [-0.2, -0.15) is 10.1 Å². The zero-order chi connectivity index (χ0) is 22.5. The fourth-order valence-electron chi connectivity index (χ4n) is 4.49. The zero-order valence-corrected chi connectivity index (χ0v) is 19.8. The number of fused-ring (bicyclic) bond motifs is 3. The van der Waals surface area contributed by atoms with E-state index < -0.39 is 0 Å². The second-order valence-electron chi connectivity index (χ2n) is 7.85. The standard InChI is InChI=1S/C25H18BrClN4O2/c1-32-18-8-5-14(6-9-18)23-21-22(30-25-28-13-29-31(23)25)19-12-17(27)7-10-20(19)33-24(21)15-3-2-4-16(26)11-15/h2-13,23-24H,1H3,(H,28,29,30)/t23-,24+/m0/s1. The molecule has 1 N–H and O–H groups in total. The summed E-state index contributed by atoms with van der Waals surface area (Å²) in [6.07, 6.45) is 1.22. The maximum atomic E-state index is 6.62. The van der Waals surface area contributed by atoms with Crippen molar-refractivity contribution in [3.63, 3.8) is 0 Å². The van der Waals surface area contributed by atoms with Gasteiger partial charge in [-0.1, -0.05) is 51.8 Å². The van der Waals surface area contributed by atoms with Crippen molar-refractivity contribution in [1.29, 1.82) is 0 Å². The predicted octanol–water partition coefficient (Wildman–Crippen LogP) is 6.26. The normalized spacial score (nSPS) is 18.5. The molecule has 0 amide bonds.